The Balaban J connectivity index is 1.82. The van der Waals surface area contributed by atoms with Crippen LogP contribution in [0.25, 0.3) is 0 Å². The van der Waals surface area contributed by atoms with Crippen LogP contribution in [0, 0.1) is 17.0 Å². The maximum absolute atomic E-state index is 12.5. The van der Waals surface area contributed by atoms with Crippen LogP contribution in [0.1, 0.15) is 25.7 Å². The van der Waals surface area contributed by atoms with E-state index in [1.165, 1.54) is 12.4 Å². The van der Waals surface area contributed by atoms with E-state index in [1.807, 2.05) is 0 Å². The SMILES string of the molecule is [O-][n+]1ccc(OCC2CCC(C(F)(F)F)CC2)c(Br)c1. The van der Waals surface area contributed by atoms with E-state index in [9.17, 15) is 18.4 Å². The number of rotatable bonds is 3. The van der Waals surface area contributed by atoms with Crippen molar-refractivity contribution in [3.8, 4) is 5.75 Å². The Morgan fingerprint density at radius 1 is 1.30 bits per heavy atom. The first kappa shape index (κ1) is 15.4. The second kappa shape index (κ2) is 6.20. The van der Waals surface area contributed by atoms with Crippen molar-refractivity contribution in [1.82, 2.24) is 0 Å². The lowest BCUT2D eigenvalue weighted by molar-refractivity contribution is -0.606. The summed E-state index contributed by atoms with van der Waals surface area (Å²) >= 11 is 3.21. The zero-order chi connectivity index (χ0) is 14.8. The Morgan fingerprint density at radius 3 is 2.50 bits per heavy atom. The molecule has 0 atom stereocenters. The van der Waals surface area contributed by atoms with Gasteiger partial charge in [0.15, 0.2) is 12.4 Å². The Bertz CT molecular complexity index is 459. The van der Waals surface area contributed by atoms with Gasteiger partial charge in [0.05, 0.1) is 12.5 Å². The van der Waals surface area contributed by atoms with E-state index in [1.54, 1.807) is 6.07 Å². The number of pyridine rings is 1. The standard InChI is InChI=1S/C13H15BrF3NO2/c14-11-7-18(19)6-5-12(11)20-8-9-1-3-10(4-2-9)13(15,16)17/h5-7,9-10H,1-4,8H2. The first-order valence-electron chi connectivity index (χ1n) is 6.44. The van der Waals surface area contributed by atoms with Gasteiger partial charge in [0.2, 0.25) is 0 Å². The number of nitrogens with zero attached hydrogens (tertiary/aromatic N) is 1. The number of ether oxygens (including phenoxy) is 1. The van der Waals surface area contributed by atoms with Gasteiger partial charge in [-0.1, -0.05) is 0 Å². The van der Waals surface area contributed by atoms with Crippen molar-refractivity contribution >= 4 is 15.9 Å². The highest BCUT2D eigenvalue weighted by Crippen LogP contribution is 2.39. The average molecular weight is 354 g/mol. The van der Waals surface area contributed by atoms with Crippen molar-refractivity contribution in [3.63, 3.8) is 0 Å². The lowest BCUT2D eigenvalue weighted by Crippen LogP contribution is -2.29. The zero-order valence-electron chi connectivity index (χ0n) is 10.7. The van der Waals surface area contributed by atoms with Gasteiger partial charge < -0.3 is 9.94 Å². The highest BCUT2D eigenvalue weighted by atomic mass is 79.9. The summed E-state index contributed by atoms with van der Waals surface area (Å²) < 4.78 is 44.4. The predicted octanol–water partition coefficient (Wildman–Crippen LogP) is 3.83. The van der Waals surface area contributed by atoms with Crippen LogP contribution < -0.4 is 9.47 Å². The first-order valence-corrected chi connectivity index (χ1v) is 7.23. The molecule has 1 fully saturated rings. The molecule has 1 aromatic heterocycles. The van der Waals surface area contributed by atoms with Crippen molar-refractivity contribution in [2.24, 2.45) is 11.8 Å². The molecule has 20 heavy (non-hydrogen) atoms. The molecule has 1 aliphatic carbocycles. The van der Waals surface area contributed by atoms with E-state index in [0.717, 1.165) is 0 Å². The van der Waals surface area contributed by atoms with Crippen molar-refractivity contribution in [2.45, 2.75) is 31.9 Å². The van der Waals surface area contributed by atoms with Crippen molar-refractivity contribution in [2.75, 3.05) is 6.61 Å². The van der Waals surface area contributed by atoms with Gasteiger partial charge in [0.1, 0.15) is 10.2 Å². The van der Waals surface area contributed by atoms with Gasteiger partial charge in [0, 0.05) is 6.07 Å². The summed E-state index contributed by atoms with van der Waals surface area (Å²) in [5.41, 5.74) is 0. The highest BCUT2D eigenvalue weighted by molar-refractivity contribution is 9.10. The Morgan fingerprint density at radius 2 is 1.95 bits per heavy atom. The number of hydrogen-bond donors (Lipinski definition) is 0. The average Bonchev–Trinajstić information content (AvgIpc) is 2.37. The molecule has 0 N–H and O–H groups in total. The van der Waals surface area contributed by atoms with Crippen LogP contribution in [-0.2, 0) is 0 Å². The normalized spacial score (nSPS) is 23.6. The van der Waals surface area contributed by atoms with Crippen molar-refractivity contribution in [3.05, 3.63) is 28.1 Å². The third kappa shape index (κ3) is 4.01. The number of aromatic nitrogens is 1. The summed E-state index contributed by atoms with van der Waals surface area (Å²) in [4.78, 5) is 0. The van der Waals surface area contributed by atoms with Gasteiger partial charge in [-0.25, -0.2) is 0 Å². The molecule has 1 aromatic rings. The van der Waals surface area contributed by atoms with E-state index >= 15 is 0 Å². The van der Waals surface area contributed by atoms with Crippen LogP contribution in [0.5, 0.6) is 5.75 Å². The molecule has 1 saturated carbocycles. The molecule has 0 amide bonds. The third-order valence-corrected chi connectivity index (χ3v) is 4.23. The number of hydrogen-bond acceptors (Lipinski definition) is 2. The lowest BCUT2D eigenvalue weighted by Gasteiger charge is -2.29. The molecular weight excluding hydrogens is 339 g/mol. The van der Waals surface area contributed by atoms with Gasteiger partial charge in [-0.15, -0.1) is 0 Å². The molecule has 0 aliphatic heterocycles. The second-order valence-electron chi connectivity index (χ2n) is 5.09. The molecule has 0 saturated heterocycles. The molecule has 0 aromatic carbocycles. The maximum Gasteiger partial charge on any atom is 0.391 e. The minimum Gasteiger partial charge on any atom is -0.619 e. The maximum atomic E-state index is 12.5. The van der Waals surface area contributed by atoms with Crippen LogP contribution in [0.2, 0.25) is 0 Å². The molecule has 112 valence electrons. The zero-order valence-corrected chi connectivity index (χ0v) is 12.3. The summed E-state index contributed by atoms with van der Waals surface area (Å²) in [7, 11) is 0. The van der Waals surface area contributed by atoms with Gasteiger partial charge in [-0.3, -0.25) is 0 Å². The van der Waals surface area contributed by atoms with E-state index in [0.29, 0.717) is 34.4 Å². The van der Waals surface area contributed by atoms with Crippen molar-refractivity contribution < 1.29 is 22.6 Å². The molecule has 1 aliphatic rings. The smallest absolute Gasteiger partial charge is 0.391 e. The lowest BCUT2D eigenvalue weighted by atomic mass is 9.82. The van der Waals surface area contributed by atoms with Crippen LogP contribution >= 0.6 is 15.9 Å². The largest absolute Gasteiger partial charge is 0.619 e. The Hall–Kier alpha value is -0.980. The minimum absolute atomic E-state index is 0.139. The Labute approximate surface area is 123 Å². The summed E-state index contributed by atoms with van der Waals surface area (Å²) in [5, 5.41) is 11.0. The molecule has 0 radical (unpaired) electrons. The van der Waals surface area contributed by atoms with E-state index in [-0.39, 0.29) is 18.8 Å². The predicted molar refractivity (Wildman–Crippen MR) is 70.1 cm³/mol. The van der Waals surface area contributed by atoms with E-state index in [4.69, 9.17) is 4.74 Å². The monoisotopic (exact) mass is 353 g/mol. The van der Waals surface area contributed by atoms with Gasteiger partial charge >= 0.3 is 6.18 Å². The summed E-state index contributed by atoms with van der Waals surface area (Å²) in [6.45, 7) is 0.381. The fraction of sp³-hybridized carbons (Fsp3) is 0.615. The van der Waals surface area contributed by atoms with Crippen molar-refractivity contribution in [1.29, 1.82) is 0 Å². The van der Waals surface area contributed by atoms with Crippen LogP contribution in [-0.4, -0.2) is 12.8 Å². The van der Waals surface area contributed by atoms with Gasteiger partial charge in [0.25, 0.3) is 0 Å². The quantitative estimate of drug-likeness (QED) is 0.611. The van der Waals surface area contributed by atoms with Gasteiger partial charge in [-0.05, 0) is 47.5 Å². The van der Waals surface area contributed by atoms with Crippen LogP contribution in [0.4, 0.5) is 13.2 Å². The van der Waals surface area contributed by atoms with E-state index < -0.39 is 12.1 Å². The number of alkyl halides is 3. The fourth-order valence-corrected chi connectivity index (χ4v) is 2.87. The molecule has 0 bridgehead atoms. The third-order valence-electron chi connectivity index (χ3n) is 3.63. The van der Waals surface area contributed by atoms with Crippen LogP contribution in [0.3, 0.4) is 0 Å². The summed E-state index contributed by atoms with van der Waals surface area (Å²) in [6, 6.07) is 1.54. The van der Waals surface area contributed by atoms with E-state index in [2.05, 4.69) is 15.9 Å². The second-order valence-corrected chi connectivity index (χ2v) is 5.94. The molecule has 7 heteroatoms. The molecule has 1 heterocycles. The highest BCUT2D eigenvalue weighted by Gasteiger charge is 2.41. The minimum atomic E-state index is -4.07. The fourth-order valence-electron chi connectivity index (χ4n) is 2.42. The summed E-state index contributed by atoms with van der Waals surface area (Å²) in [6.07, 6.45) is -0.0268. The molecule has 2 rings (SSSR count). The van der Waals surface area contributed by atoms with Crippen LogP contribution in [0.15, 0.2) is 22.9 Å². The molecular formula is C13H15BrF3NO2. The number of halogens is 4. The Kier molecular flexibility index (Phi) is 4.78. The molecule has 3 nitrogen and oxygen atoms in total. The topological polar surface area (TPSA) is 36.2 Å². The molecule has 0 spiro atoms. The molecule has 0 unspecified atom stereocenters. The first-order chi connectivity index (χ1) is 9.36. The summed E-state index contributed by atoms with van der Waals surface area (Å²) in [5.74, 6) is -0.489. The van der Waals surface area contributed by atoms with Gasteiger partial charge in [-0.2, -0.15) is 17.9 Å².